The molecule has 0 aliphatic heterocycles. The van der Waals surface area contributed by atoms with Gasteiger partial charge in [0, 0.05) is 25.2 Å². The highest BCUT2D eigenvalue weighted by Gasteiger charge is 2.20. The molecule has 2 aromatic rings. The van der Waals surface area contributed by atoms with Crippen LogP contribution in [0, 0.1) is 5.95 Å². The molecule has 0 radical (unpaired) electrons. The molecule has 2 heterocycles. The summed E-state index contributed by atoms with van der Waals surface area (Å²) in [5.74, 6) is -1.72. The quantitative estimate of drug-likeness (QED) is 0.586. The van der Waals surface area contributed by atoms with Gasteiger partial charge in [0.05, 0.1) is 6.20 Å². The second-order valence-corrected chi connectivity index (χ2v) is 6.16. The molecule has 30 heavy (non-hydrogen) atoms. The van der Waals surface area contributed by atoms with Gasteiger partial charge in [0.1, 0.15) is 11.4 Å². The van der Waals surface area contributed by atoms with Gasteiger partial charge in [-0.2, -0.15) is 13.2 Å². The third-order valence-electron chi connectivity index (χ3n) is 3.79. The van der Waals surface area contributed by atoms with Gasteiger partial charge >= 0.3 is 6.61 Å². The summed E-state index contributed by atoms with van der Waals surface area (Å²) in [6.07, 6.45) is 1.16. The minimum absolute atomic E-state index is 0.0549. The Morgan fingerprint density at radius 2 is 2.00 bits per heavy atom. The normalized spacial score (nSPS) is 11.7. The van der Waals surface area contributed by atoms with E-state index in [0.29, 0.717) is 6.54 Å². The molecule has 0 spiro atoms. The summed E-state index contributed by atoms with van der Waals surface area (Å²) in [7, 11) is 0. The summed E-state index contributed by atoms with van der Waals surface area (Å²) in [4.78, 5) is 33.2. The van der Waals surface area contributed by atoms with E-state index >= 15 is 0 Å². The number of alkyl halides is 2. The van der Waals surface area contributed by atoms with E-state index in [0.717, 1.165) is 12.3 Å². The van der Waals surface area contributed by atoms with Crippen molar-refractivity contribution in [3.63, 3.8) is 0 Å². The molecule has 0 aliphatic carbocycles. The van der Waals surface area contributed by atoms with Gasteiger partial charge in [-0.25, -0.2) is 9.97 Å². The molecule has 8 nitrogen and oxygen atoms in total. The van der Waals surface area contributed by atoms with E-state index in [4.69, 9.17) is 4.74 Å². The summed E-state index contributed by atoms with van der Waals surface area (Å²) in [5, 5.41) is 2.67. The Balaban J connectivity index is 1.88. The molecule has 1 N–H and O–H groups in total. The van der Waals surface area contributed by atoms with Crippen LogP contribution in [0.15, 0.2) is 36.5 Å². The number of nitrogens with one attached hydrogen (secondary N) is 1. The SMILES string of the molecule is CCN(CC(C)NC(=O)COc1ccc(F)nc1)C(=O)c1cccc(OC(F)F)n1. The predicted octanol–water partition coefficient (Wildman–Crippen LogP) is 2.26. The Morgan fingerprint density at radius 1 is 1.23 bits per heavy atom. The molecule has 162 valence electrons. The minimum Gasteiger partial charge on any atom is -0.482 e. The Hall–Kier alpha value is -3.37. The third-order valence-corrected chi connectivity index (χ3v) is 3.79. The van der Waals surface area contributed by atoms with Crippen molar-refractivity contribution in [3.05, 3.63) is 48.2 Å². The van der Waals surface area contributed by atoms with Crippen molar-refractivity contribution in [2.45, 2.75) is 26.5 Å². The lowest BCUT2D eigenvalue weighted by molar-refractivity contribution is -0.123. The lowest BCUT2D eigenvalue weighted by atomic mass is 10.2. The average molecular weight is 426 g/mol. The van der Waals surface area contributed by atoms with E-state index in [1.807, 2.05) is 0 Å². The summed E-state index contributed by atoms with van der Waals surface area (Å²) >= 11 is 0. The number of halogens is 3. The molecule has 0 fully saturated rings. The van der Waals surface area contributed by atoms with Crippen LogP contribution in [0.1, 0.15) is 24.3 Å². The van der Waals surface area contributed by atoms with Gasteiger partial charge in [-0.15, -0.1) is 0 Å². The number of aromatic nitrogens is 2. The number of carbonyl (C=O) groups excluding carboxylic acids is 2. The highest BCUT2D eigenvalue weighted by atomic mass is 19.3. The first kappa shape index (κ1) is 22.9. The standard InChI is InChI=1S/C19H21F3N4O4/c1-3-26(18(28)14-5-4-6-17(25-14)30-19(21)22)10-12(2)24-16(27)11-29-13-7-8-15(20)23-9-13/h4-9,12,19H,3,10-11H2,1-2H3,(H,24,27). The first-order valence-corrected chi connectivity index (χ1v) is 9.03. The molecule has 1 atom stereocenters. The summed E-state index contributed by atoms with van der Waals surface area (Å²) in [6, 6.07) is 6.01. The molecule has 1 unspecified atom stereocenters. The Kier molecular flexibility index (Phi) is 8.39. The van der Waals surface area contributed by atoms with Crippen LogP contribution < -0.4 is 14.8 Å². The molecule has 2 rings (SSSR count). The third kappa shape index (κ3) is 7.22. The number of amides is 2. The minimum atomic E-state index is -3.05. The number of hydrogen-bond donors (Lipinski definition) is 1. The maximum Gasteiger partial charge on any atom is 0.388 e. The molecule has 2 amide bonds. The summed E-state index contributed by atoms with van der Waals surface area (Å²) in [6.45, 7) is 0.521. The number of pyridine rings is 2. The Bertz CT molecular complexity index is 852. The lowest BCUT2D eigenvalue weighted by Gasteiger charge is -2.25. The van der Waals surface area contributed by atoms with Crippen molar-refractivity contribution < 1.29 is 32.2 Å². The van der Waals surface area contributed by atoms with Crippen molar-refractivity contribution in [2.24, 2.45) is 0 Å². The number of nitrogens with zero attached hydrogens (tertiary/aromatic N) is 3. The van der Waals surface area contributed by atoms with E-state index in [1.54, 1.807) is 13.8 Å². The maximum absolute atomic E-state index is 12.8. The Labute approximate surface area is 171 Å². The molecule has 0 aliphatic rings. The smallest absolute Gasteiger partial charge is 0.388 e. The van der Waals surface area contributed by atoms with E-state index in [-0.39, 0.29) is 30.5 Å². The van der Waals surface area contributed by atoms with Crippen LogP contribution in [-0.4, -0.2) is 59.0 Å². The predicted molar refractivity (Wildman–Crippen MR) is 99.7 cm³/mol. The van der Waals surface area contributed by atoms with E-state index < -0.39 is 30.4 Å². The second kappa shape index (κ2) is 11.0. The molecule has 11 heteroatoms. The zero-order valence-corrected chi connectivity index (χ0v) is 16.3. The van der Waals surface area contributed by atoms with Crippen LogP contribution in [0.4, 0.5) is 13.2 Å². The van der Waals surface area contributed by atoms with E-state index in [1.165, 1.54) is 29.2 Å². The zero-order chi connectivity index (χ0) is 22.1. The van der Waals surface area contributed by atoms with Crippen LogP contribution in [0.5, 0.6) is 11.6 Å². The topological polar surface area (TPSA) is 93.7 Å². The fourth-order valence-corrected chi connectivity index (χ4v) is 2.50. The van der Waals surface area contributed by atoms with Gasteiger partial charge in [-0.05, 0) is 32.0 Å². The van der Waals surface area contributed by atoms with Crippen molar-refractivity contribution >= 4 is 11.8 Å². The Morgan fingerprint density at radius 3 is 2.63 bits per heavy atom. The maximum atomic E-state index is 12.8. The highest BCUT2D eigenvalue weighted by Crippen LogP contribution is 2.13. The van der Waals surface area contributed by atoms with Crippen molar-refractivity contribution in [2.75, 3.05) is 19.7 Å². The molecule has 0 saturated heterocycles. The highest BCUT2D eigenvalue weighted by molar-refractivity contribution is 5.92. The molecule has 2 aromatic heterocycles. The number of rotatable bonds is 10. The van der Waals surface area contributed by atoms with Crippen LogP contribution in [0.3, 0.4) is 0 Å². The largest absolute Gasteiger partial charge is 0.482 e. The van der Waals surface area contributed by atoms with Crippen LogP contribution in [0.25, 0.3) is 0 Å². The molecular formula is C19H21F3N4O4. The molecule has 0 saturated carbocycles. The molecule has 0 aromatic carbocycles. The molecule has 0 bridgehead atoms. The zero-order valence-electron chi connectivity index (χ0n) is 16.3. The van der Waals surface area contributed by atoms with Crippen LogP contribution in [0.2, 0.25) is 0 Å². The first-order chi connectivity index (χ1) is 14.3. The van der Waals surface area contributed by atoms with Gasteiger partial charge in [0.15, 0.2) is 6.61 Å². The lowest BCUT2D eigenvalue weighted by Crippen LogP contribution is -2.45. The first-order valence-electron chi connectivity index (χ1n) is 9.03. The van der Waals surface area contributed by atoms with Crippen molar-refractivity contribution in [1.82, 2.24) is 20.2 Å². The monoisotopic (exact) mass is 426 g/mol. The second-order valence-electron chi connectivity index (χ2n) is 6.16. The summed E-state index contributed by atoms with van der Waals surface area (Å²) < 4.78 is 46.8. The molecular weight excluding hydrogens is 405 g/mol. The van der Waals surface area contributed by atoms with Gasteiger partial charge in [0.25, 0.3) is 11.8 Å². The van der Waals surface area contributed by atoms with Crippen LogP contribution >= 0.6 is 0 Å². The van der Waals surface area contributed by atoms with Crippen molar-refractivity contribution in [3.8, 4) is 11.6 Å². The number of likely N-dealkylation sites (N-methyl/N-ethyl adjacent to an activating group) is 1. The van der Waals surface area contributed by atoms with Gasteiger partial charge < -0.3 is 19.7 Å². The summed E-state index contributed by atoms with van der Waals surface area (Å²) in [5.41, 5.74) is -0.0549. The average Bonchev–Trinajstić information content (AvgIpc) is 2.70. The van der Waals surface area contributed by atoms with Gasteiger partial charge in [0.2, 0.25) is 11.8 Å². The van der Waals surface area contributed by atoms with Gasteiger partial charge in [-0.1, -0.05) is 6.07 Å². The van der Waals surface area contributed by atoms with Crippen LogP contribution in [-0.2, 0) is 4.79 Å². The fraction of sp³-hybridized carbons (Fsp3) is 0.368. The number of hydrogen-bond acceptors (Lipinski definition) is 6. The van der Waals surface area contributed by atoms with E-state index in [9.17, 15) is 22.8 Å². The fourth-order valence-electron chi connectivity index (χ4n) is 2.50. The van der Waals surface area contributed by atoms with Crippen molar-refractivity contribution in [1.29, 1.82) is 0 Å². The van der Waals surface area contributed by atoms with E-state index in [2.05, 4.69) is 20.0 Å². The van der Waals surface area contributed by atoms with Gasteiger partial charge in [-0.3, -0.25) is 9.59 Å². The number of carbonyl (C=O) groups is 2. The number of ether oxygens (including phenoxy) is 2.